The van der Waals surface area contributed by atoms with Crippen LogP contribution in [0.4, 0.5) is 0 Å². The van der Waals surface area contributed by atoms with E-state index in [1.807, 2.05) is 38.1 Å². The second kappa shape index (κ2) is 8.71. The van der Waals surface area contributed by atoms with E-state index in [-0.39, 0.29) is 34.8 Å². The quantitative estimate of drug-likeness (QED) is 0.420. The average molecular weight is 472 g/mol. The number of para-hydroxylation sites is 1. The highest BCUT2D eigenvalue weighted by molar-refractivity contribution is 7.99. The van der Waals surface area contributed by atoms with E-state index in [0.29, 0.717) is 28.2 Å². The van der Waals surface area contributed by atoms with Crippen molar-refractivity contribution in [3.8, 4) is 5.69 Å². The van der Waals surface area contributed by atoms with E-state index in [2.05, 4.69) is 4.98 Å². The van der Waals surface area contributed by atoms with E-state index in [9.17, 15) is 18.0 Å². The minimum absolute atomic E-state index is 0.00140. The zero-order chi connectivity index (χ0) is 23.0. The van der Waals surface area contributed by atoms with Crippen molar-refractivity contribution in [2.45, 2.75) is 31.5 Å². The maximum Gasteiger partial charge on any atom is 0.266 e. The van der Waals surface area contributed by atoms with Crippen LogP contribution in [0, 0.1) is 13.8 Å². The SMILES string of the molecule is Cc1cc(C)cc(-n2c(SCC(=O)N(C)C3CCS(=O)(=O)C3)nc3ccccc3c2=O)c1. The molecule has 7 nitrogen and oxygen atoms in total. The van der Waals surface area contributed by atoms with Gasteiger partial charge in [0.1, 0.15) is 0 Å². The van der Waals surface area contributed by atoms with Gasteiger partial charge in [-0.05, 0) is 55.7 Å². The molecule has 168 valence electrons. The predicted octanol–water partition coefficient (Wildman–Crippen LogP) is 2.74. The van der Waals surface area contributed by atoms with Crippen molar-refractivity contribution < 1.29 is 13.2 Å². The van der Waals surface area contributed by atoms with Crippen LogP contribution in [-0.2, 0) is 14.6 Å². The smallest absolute Gasteiger partial charge is 0.266 e. The van der Waals surface area contributed by atoms with Gasteiger partial charge in [0.25, 0.3) is 5.56 Å². The molecule has 0 N–H and O–H groups in total. The molecular formula is C23H25N3O4S2. The molecule has 0 aliphatic carbocycles. The van der Waals surface area contributed by atoms with Gasteiger partial charge in [-0.3, -0.25) is 14.2 Å². The van der Waals surface area contributed by atoms with Crippen molar-refractivity contribution in [3.63, 3.8) is 0 Å². The number of carbonyl (C=O) groups is 1. The fourth-order valence-corrected chi connectivity index (χ4v) is 6.74. The molecule has 2 heterocycles. The normalized spacial score (nSPS) is 17.5. The standard InChI is InChI=1S/C23H25N3O4S2/c1-15-10-16(2)12-18(11-15)26-22(28)19-6-4-5-7-20(19)24-23(26)31-13-21(27)25(3)17-8-9-32(29,30)14-17/h4-7,10-12,17H,8-9,13-14H2,1-3H3. The van der Waals surface area contributed by atoms with Crippen LogP contribution in [0.15, 0.2) is 52.4 Å². The fraction of sp³-hybridized carbons (Fsp3) is 0.348. The van der Waals surface area contributed by atoms with Crippen LogP contribution in [0.2, 0.25) is 0 Å². The summed E-state index contributed by atoms with van der Waals surface area (Å²) in [4.78, 5) is 32.4. The molecule has 2 aromatic carbocycles. The molecule has 1 aliphatic rings. The highest BCUT2D eigenvalue weighted by Crippen LogP contribution is 2.24. The molecule has 1 aromatic heterocycles. The van der Waals surface area contributed by atoms with Crippen molar-refractivity contribution in [3.05, 3.63) is 63.9 Å². The second-order valence-electron chi connectivity index (χ2n) is 8.25. The molecule has 0 radical (unpaired) electrons. The molecule has 1 aliphatic heterocycles. The molecule has 1 fully saturated rings. The van der Waals surface area contributed by atoms with Crippen LogP contribution in [-0.4, -0.2) is 59.1 Å². The van der Waals surface area contributed by atoms with Crippen LogP contribution in [0.1, 0.15) is 17.5 Å². The van der Waals surface area contributed by atoms with Gasteiger partial charge in [-0.2, -0.15) is 0 Å². The summed E-state index contributed by atoms with van der Waals surface area (Å²) in [5.41, 5.74) is 3.13. The molecule has 32 heavy (non-hydrogen) atoms. The Balaban J connectivity index is 1.68. The minimum atomic E-state index is -3.08. The molecule has 0 saturated carbocycles. The van der Waals surface area contributed by atoms with Gasteiger partial charge in [-0.1, -0.05) is 30.0 Å². The fourth-order valence-electron chi connectivity index (χ4n) is 4.03. The van der Waals surface area contributed by atoms with E-state index in [1.165, 1.54) is 16.7 Å². The lowest BCUT2D eigenvalue weighted by Gasteiger charge is -2.23. The zero-order valence-electron chi connectivity index (χ0n) is 18.2. The first-order valence-electron chi connectivity index (χ1n) is 10.3. The molecule has 1 unspecified atom stereocenters. The summed E-state index contributed by atoms with van der Waals surface area (Å²) in [7, 11) is -1.44. The Morgan fingerprint density at radius 2 is 1.88 bits per heavy atom. The van der Waals surface area contributed by atoms with Gasteiger partial charge in [-0.25, -0.2) is 13.4 Å². The summed E-state index contributed by atoms with van der Waals surface area (Å²) < 4.78 is 25.1. The number of aryl methyl sites for hydroxylation is 2. The van der Waals surface area contributed by atoms with Gasteiger partial charge in [0.05, 0.1) is 33.8 Å². The predicted molar refractivity (Wildman–Crippen MR) is 127 cm³/mol. The van der Waals surface area contributed by atoms with E-state index in [0.717, 1.165) is 11.1 Å². The Hall–Kier alpha value is -2.65. The number of sulfone groups is 1. The number of amides is 1. The maximum atomic E-state index is 13.4. The first kappa shape index (κ1) is 22.5. The Kier molecular flexibility index (Phi) is 6.13. The molecule has 1 amide bonds. The average Bonchev–Trinajstić information content (AvgIpc) is 3.10. The topological polar surface area (TPSA) is 89.3 Å². The Labute approximate surface area is 191 Å². The van der Waals surface area contributed by atoms with Crippen molar-refractivity contribution in [2.75, 3.05) is 24.3 Å². The second-order valence-corrected chi connectivity index (χ2v) is 11.4. The first-order valence-corrected chi connectivity index (χ1v) is 13.1. The number of carbonyl (C=O) groups excluding carboxylic acids is 1. The van der Waals surface area contributed by atoms with Crippen LogP contribution >= 0.6 is 11.8 Å². The Bertz CT molecular complexity index is 1350. The van der Waals surface area contributed by atoms with Crippen LogP contribution < -0.4 is 5.56 Å². The number of hydrogen-bond donors (Lipinski definition) is 0. The van der Waals surface area contributed by atoms with Gasteiger partial charge in [0.2, 0.25) is 5.91 Å². The molecule has 1 saturated heterocycles. The minimum Gasteiger partial charge on any atom is -0.341 e. The summed E-state index contributed by atoms with van der Waals surface area (Å²) in [6.45, 7) is 3.94. The third-order valence-electron chi connectivity index (χ3n) is 5.68. The Morgan fingerprint density at radius 3 is 2.53 bits per heavy atom. The lowest BCUT2D eigenvalue weighted by Crippen LogP contribution is -2.39. The van der Waals surface area contributed by atoms with E-state index >= 15 is 0 Å². The molecular weight excluding hydrogens is 446 g/mol. The van der Waals surface area contributed by atoms with Crippen molar-refractivity contribution >= 4 is 38.4 Å². The lowest BCUT2D eigenvalue weighted by molar-refractivity contribution is -0.128. The summed E-state index contributed by atoms with van der Waals surface area (Å²) in [6, 6.07) is 12.7. The van der Waals surface area contributed by atoms with E-state index in [4.69, 9.17) is 0 Å². The van der Waals surface area contributed by atoms with Crippen LogP contribution in [0.3, 0.4) is 0 Å². The molecule has 3 aromatic rings. The van der Waals surface area contributed by atoms with Crippen molar-refractivity contribution in [1.82, 2.24) is 14.5 Å². The summed E-state index contributed by atoms with van der Waals surface area (Å²) in [5.74, 6) is -0.0169. The monoisotopic (exact) mass is 471 g/mol. The molecule has 0 bridgehead atoms. The largest absolute Gasteiger partial charge is 0.341 e. The number of aromatic nitrogens is 2. The summed E-state index contributed by atoms with van der Waals surface area (Å²) >= 11 is 1.19. The van der Waals surface area contributed by atoms with Gasteiger partial charge >= 0.3 is 0 Å². The van der Waals surface area contributed by atoms with Gasteiger partial charge in [-0.15, -0.1) is 0 Å². The summed E-state index contributed by atoms with van der Waals surface area (Å²) in [6.07, 6.45) is 0.455. The Morgan fingerprint density at radius 1 is 1.19 bits per heavy atom. The lowest BCUT2D eigenvalue weighted by atomic mass is 10.1. The van der Waals surface area contributed by atoms with Crippen molar-refractivity contribution in [1.29, 1.82) is 0 Å². The number of fused-ring (bicyclic) bond motifs is 1. The number of thioether (sulfide) groups is 1. The molecule has 1 atom stereocenters. The first-order chi connectivity index (χ1) is 15.1. The van der Waals surface area contributed by atoms with E-state index in [1.54, 1.807) is 29.8 Å². The van der Waals surface area contributed by atoms with Gasteiger partial charge in [0, 0.05) is 13.1 Å². The molecule has 0 spiro atoms. The van der Waals surface area contributed by atoms with Crippen LogP contribution in [0.25, 0.3) is 16.6 Å². The summed E-state index contributed by atoms with van der Waals surface area (Å²) in [5, 5.41) is 0.940. The van der Waals surface area contributed by atoms with Crippen molar-refractivity contribution in [2.24, 2.45) is 0 Å². The van der Waals surface area contributed by atoms with Gasteiger partial charge < -0.3 is 4.90 Å². The molecule has 9 heteroatoms. The number of hydrogen-bond acceptors (Lipinski definition) is 6. The third-order valence-corrected chi connectivity index (χ3v) is 8.36. The van der Waals surface area contributed by atoms with Gasteiger partial charge in [0.15, 0.2) is 15.0 Å². The number of rotatable bonds is 5. The third kappa shape index (κ3) is 4.59. The number of nitrogens with zero attached hydrogens (tertiary/aromatic N) is 3. The highest BCUT2D eigenvalue weighted by Gasteiger charge is 2.32. The number of benzene rings is 2. The molecule has 4 rings (SSSR count). The maximum absolute atomic E-state index is 13.4. The highest BCUT2D eigenvalue weighted by atomic mass is 32.2. The zero-order valence-corrected chi connectivity index (χ0v) is 19.9. The van der Waals surface area contributed by atoms with Crippen LogP contribution in [0.5, 0.6) is 0 Å². The van der Waals surface area contributed by atoms with E-state index < -0.39 is 9.84 Å².